The number of hydrogen-bond acceptors (Lipinski definition) is 3. The highest BCUT2D eigenvalue weighted by atomic mass is 16.1. The maximum absolute atomic E-state index is 11.6. The molecule has 33 heavy (non-hydrogen) atoms. The van der Waals surface area contributed by atoms with E-state index < -0.39 is 5.91 Å². The van der Waals surface area contributed by atoms with Crippen LogP contribution in [0.3, 0.4) is 0 Å². The normalized spacial score (nSPS) is 14.5. The summed E-state index contributed by atoms with van der Waals surface area (Å²) in [7, 11) is 0. The highest BCUT2D eigenvalue weighted by molar-refractivity contribution is 6.00. The van der Waals surface area contributed by atoms with E-state index in [4.69, 9.17) is 11.0 Å². The molecular formula is C27H27N5O. The predicted octanol–water partition coefficient (Wildman–Crippen LogP) is 4.73. The third-order valence-electron chi connectivity index (χ3n) is 6.67. The number of carbonyl (C=O) groups excluding carboxylic acids is 1. The lowest BCUT2D eigenvalue weighted by Gasteiger charge is -2.26. The van der Waals surface area contributed by atoms with Crippen molar-refractivity contribution in [3.05, 3.63) is 77.1 Å². The summed E-state index contributed by atoms with van der Waals surface area (Å²) in [5.41, 5.74) is 12.6. The lowest BCUT2D eigenvalue weighted by atomic mass is 9.97. The first kappa shape index (κ1) is 21.0. The van der Waals surface area contributed by atoms with E-state index >= 15 is 0 Å². The number of aromatic amines is 2. The van der Waals surface area contributed by atoms with Gasteiger partial charge in [-0.3, -0.25) is 9.69 Å². The Balaban J connectivity index is 1.17. The van der Waals surface area contributed by atoms with Gasteiger partial charge in [-0.05, 0) is 79.8 Å². The standard InChI is InChI=1S/C27H27N5O/c28-15-18-4-6-25-22(13-18)21(16-30-25)3-1-2-10-32-11-8-19(9-12-32)24-17-31-26-7-5-20(27(29)33)14-23(24)26/h4-8,13-14,16-17,30-31H,1-3,9-12H2,(H2,29,33). The van der Waals surface area contributed by atoms with Gasteiger partial charge in [0, 0.05) is 58.4 Å². The molecule has 2 aromatic heterocycles. The number of amides is 1. The quantitative estimate of drug-likeness (QED) is 0.364. The van der Waals surface area contributed by atoms with Crippen molar-refractivity contribution < 1.29 is 4.79 Å². The van der Waals surface area contributed by atoms with Gasteiger partial charge in [-0.25, -0.2) is 0 Å². The first-order valence-electron chi connectivity index (χ1n) is 11.4. The largest absolute Gasteiger partial charge is 0.366 e. The number of unbranched alkanes of at least 4 members (excludes halogenated alkanes) is 1. The molecule has 0 aliphatic carbocycles. The van der Waals surface area contributed by atoms with Crippen LogP contribution in [0.5, 0.6) is 0 Å². The molecule has 0 fully saturated rings. The van der Waals surface area contributed by atoms with Gasteiger partial charge in [0.25, 0.3) is 0 Å². The van der Waals surface area contributed by atoms with Crippen molar-refractivity contribution in [1.29, 1.82) is 5.26 Å². The van der Waals surface area contributed by atoms with Crippen LogP contribution in [0.25, 0.3) is 27.4 Å². The van der Waals surface area contributed by atoms with Crippen molar-refractivity contribution in [1.82, 2.24) is 14.9 Å². The molecule has 3 heterocycles. The number of primary amides is 1. The van der Waals surface area contributed by atoms with Crippen LogP contribution in [0.15, 0.2) is 54.9 Å². The molecule has 0 saturated carbocycles. The van der Waals surface area contributed by atoms with Crippen LogP contribution in [0.1, 0.15) is 46.3 Å². The van der Waals surface area contributed by atoms with Gasteiger partial charge in [-0.15, -0.1) is 0 Å². The number of nitriles is 1. The van der Waals surface area contributed by atoms with Gasteiger partial charge in [0.2, 0.25) is 5.91 Å². The van der Waals surface area contributed by atoms with Crippen LogP contribution in [0.2, 0.25) is 0 Å². The number of aryl methyl sites for hydroxylation is 1. The number of rotatable bonds is 7. The maximum atomic E-state index is 11.6. The zero-order valence-electron chi connectivity index (χ0n) is 18.5. The molecular weight excluding hydrogens is 410 g/mol. The van der Waals surface area contributed by atoms with Crippen molar-refractivity contribution >= 4 is 33.3 Å². The molecule has 1 amide bonds. The molecule has 4 N–H and O–H groups in total. The molecule has 0 saturated heterocycles. The minimum atomic E-state index is -0.397. The summed E-state index contributed by atoms with van der Waals surface area (Å²) in [4.78, 5) is 20.7. The average Bonchev–Trinajstić information content (AvgIpc) is 3.45. The number of aromatic nitrogens is 2. The molecule has 1 aliphatic rings. The third-order valence-corrected chi connectivity index (χ3v) is 6.67. The van der Waals surface area contributed by atoms with Gasteiger partial charge in [0.05, 0.1) is 11.6 Å². The summed E-state index contributed by atoms with van der Waals surface area (Å²) >= 11 is 0. The fourth-order valence-corrected chi connectivity index (χ4v) is 4.80. The summed E-state index contributed by atoms with van der Waals surface area (Å²) in [6, 6.07) is 13.6. The molecule has 2 aromatic carbocycles. The zero-order chi connectivity index (χ0) is 22.8. The van der Waals surface area contributed by atoms with Crippen LogP contribution >= 0.6 is 0 Å². The van der Waals surface area contributed by atoms with Gasteiger partial charge in [0.15, 0.2) is 0 Å². The topological polar surface area (TPSA) is 102 Å². The van der Waals surface area contributed by atoms with Gasteiger partial charge < -0.3 is 15.7 Å². The fourth-order valence-electron chi connectivity index (χ4n) is 4.80. The van der Waals surface area contributed by atoms with Crippen LogP contribution < -0.4 is 5.73 Å². The Morgan fingerprint density at radius 3 is 2.67 bits per heavy atom. The Morgan fingerprint density at radius 1 is 1.06 bits per heavy atom. The minimum absolute atomic E-state index is 0.397. The molecule has 0 radical (unpaired) electrons. The van der Waals surface area contributed by atoms with Crippen molar-refractivity contribution in [3.63, 3.8) is 0 Å². The van der Waals surface area contributed by atoms with Crippen molar-refractivity contribution in [2.75, 3.05) is 19.6 Å². The SMILES string of the molecule is N#Cc1ccc2[nH]cc(CCCCN3CC=C(c4c[nH]c5ccc(C(N)=O)cc45)CC3)c2c1. The van der Waals surface area contributed by atoms with Crippen LogP contribution in [0.4, 0.5) is 0 Å². The number of benzene rings is 2. The fraction of sp³-hybridized carbons (Fsp3) is 0.259. The third kappa shape index (κ3) is 4.28. The molecule has 166 valence electrons. The van der Waals surface area contributed by atoms with E-state index in [0.717, 1.165) is 67.1 Å². The van der Waals surface area contributed by atoms with E-state index in [0.29, 0.717) is 11.1 Å². The minimum Gasteiger partial charge on any atom is -0.366 e. The van der Waals surface area contributed by atoms with Crippen LogP contribution in [-0.4, -0.2) is 40.4 Å². The summed E-state index contributed by atoms with van der Waals surface area (Å²) in [5.74, 6) is -0.397. The van der Waals surface area contributed by atoms with E-state index in [9.17, 15) is 4.79 Å². The Kier molecular flexibility index (Phi) is 5.72. The van der Waals surface area contributed by atoms with Crippen molar-refractivity contribution in [2.45, 2.75) is 25.7 Å². The Hall–Kier alpha value is -3.82. The number of H-pyrrole nitrogens is 2. The molecule has 0 bridgehead atoms. The highest BCUT2D eigenvalue weighted by Crippen LogP contribution is 2.30. The van der Waals surface area contributed by atoms with Gasteiger partial charge >= 0.3 is 0 Å². The first-order chi connectivity index (χ1) is 16.1. The smallest absolute Gasteiger partial charge is 0.248 e. The summed E-state index contributed by atoms with van der Waals surface area (Å²) < 4.78 is 0. The number of nitrogens with zero attached hydrogens (tertiary/aromatic N) is 2. The summed E-state index contributed by atoms with van der Waals surface area (Å²) in [6.45, 7) is 3.05. The number of hydrogen-bond donors (Lipinski definition) is 3. The molecule has 0 atom stereocenters. The highest BCUT2D eigenvalue weighted by Gasteiger charge is 2.16. The molecule has 1 aliphatic heterocycles. The summed E-state index contributed by atoms with van der Waals surface area (Å²) in [5, 5.41) is 11.4. The molecule has 4 aromatic rings. The number of nitrogens with two attached hydrogens (primary N) is 1. The number of fused-ring (bicyclic) bond motifs is 2. The zero-order valence-corrected chi connectivity index (χ0v) is 18.5. The van der Waals surface area contributed by atoms with Crippen LogP contribution in [-0.2, 0) is 6.42 Å². The number of carbonyl (C=O) groups is 1. The van der Waals surface area contributed by atoms with E-state index in [1.54, 1.807) is 6.07 Å². The van der Waals surface area contributed by atoms with Crippen molar-refractivity contribution in [2.24, 2.45) is 5.73 Å². The molecule has 0 unspecified atom stereocenters. The second kappa shape index (κ2) is 8.97. The van der Waals surface area contributed by atoms with E-state index in [-0.39, 0.29) is 0 Å². The average molecular weight is 438 g/mol. The Bertz CT molecular complexity index is 1400. The number of nitrogens with one attached hydrogen (secondary N) is 2. The molecule has 0 spiro atoms. The monoisotopic (exact) mass is 437 g/mol. The van der Waals surface area contributed by atoms with E-state index in [1.807, 2.05) is 36.5 Å². The Morgan fingerprint density at radius 2 is 1.88 bits per heavy atom. The lowest BCUT2D eigenvalue weighted by Crippen LogP contribution is -2.29. The molecule has 6 heteroatoms. The van der Waals surface area contributed by atoms with E-state index in [1.165, 1.54) is 16.7 Å². The van der Waals surface area contributed by atoms with Gasteiger partial charge in [0.1, 0.15) is 0 Å². The van der Waals surface area contributed by atoms with Gasteiger partial charge in [-0.1, -0.05) is 6.08 Å². The summed E-state index contributed by atoms with van der Waals surface area (Å²) in [6.07, 6.45) is 10.7. The van der Waals surface area contributed by atoms with Crippen molar-refractivity contribution in [3.8, 4) is 6.07 Å². The second-order valence-corrected chi connectivity index (χ2v) is 8.75. The van der Waals surface area contributed by atoms with Crippen LogP contribution in [0, 0.1) is 11.3 Å². The lowest BCUT2D eigenvalue weighted by molar-refractivity contribution is 0.100. The van der Waals surface area contributed by atoms with Gasteiger partial charge in [-0.2, -0.15) is 5.26 Å². The Labute approximate surface area is 192 Å². The molecule has 6 nitrogen and oxygen atoms in total. The van der Waals surface area contributed by atoms with E-state index in [2.05, 4.69) is 33.2 Å². The second-order valence-electron chi connectivity index (χ2n) is 8.75. The molecule has 5 rings (SSSR count). The maximum Gasteiger partial charge on any atom is 0.248 e. The first-order valence-corrected chi connectivity index (χ1v) is 11.4. The predicted molar refractivity (Wildman–Crippen MR) is 132 cm³/mol.